The zero-order valence-corrected chi connectivity index (χ0v) is 17.6. The molecule has 0 saturated heterocycles. The minimum atomic E-state index is -0.273. The van der Waals surface area contributed by atoms with E-state index in [1.807, 2.05) is 12.1 Å². The average Bonchev–Trinajstić information content (AvgIpc) is 3.27. The van der Waals surface area contributed by atoms with E-state index in [4.69, 9.17) is 4.98 Å². The van der Waals surface area contributed by atoms with Gasteiger partial charge in [0.15, 0.2) is 5.13 Å². The van der Waals surface area contributed by atoms with E-state index in [-0.39, 0.29) is 11.4 Å². The molecule has 5 heteroatoms. The van der Waals surface area contributed by atoms with Gasteiger partial charge in [0.1, 0.15) is 0 Å². The van der Waals surface area contributed by atoms with Crippen LogP contribution < -0.4 is 10.6 Å². The van der Waals surface area contributed by atoms with Crippen molar-refractivity contribution in [2.75, 3.05) is 10.6 Å². The Morgan fingerprint density at radius 2 is 1.76 bits per heavy atom. The molecule has 0 saturated carbocycles. The van der Waals surface area contributed by atoms with E-state index in [1.165, 1.54) is 38.8 Å². The summed E-state index contributed by atoms with van der Waals surface area (Å²) in [6, 6.07) is 16.4. The van der Waals surface area contributed by atoms with Crippen LogP contribution in [0.3, 0.4) is 0 Å². The quantitative estimate of drug-likeness (QED) is 0.403. The van der Waals surface area contributed by atoms with Crippen LogP contribution in [0.2, 0.25) is 0 Å². The summed E-state index contributed by atoms with van der Waals surface area (Å²) in [5.41, 5.74) is 5.86. The molecule has 0 unspecified atom stereocenters. The highest BCUT2D eigenvalue weighted by molar-refractivity contribution is 7.22. The third-order valence-corrected chi connectivity index (χ3v) is 6.50. The normalized spacial score (nSPS) is 13.2. The number of aromatic nitrogens is 1. The molecule has 4 aromatic rings. The molecule has 0 spiro atoms. The number of thiazole rings is 1. The SMILES string of the molecule is CC(C)(C)c1ccc(NC(=O)Nc2nc3c(cc4c5c(cccc53)CC4)s2)cc1. The maximum absolute atomic E-state index is 12.5. The summed E-state index contributed by atoms with van der Waals surface area (Å²) in [6.07, 6.45) is 2.18. The Kier molecular flexibility index (Phi) is 4.10. The zero-order valence-electron chi connectivity index (χ0n) is 16.8. The lowest BCUT2D eigenvalue weighted by Crippen LogP contribution is -2.19. The molecule has 0 atom stereocenters. The van der Waals surface area contributed by atoms with Gasteiger partial charge in [-0.1, -0.05) is 62.4 Å². The number of carbonyl (C=O) groups excluding carboxylic acids is 1. The van der Waals surface area contributed by atoms with Crippen molar-refractivity contribution in [3.8, 4) is 0 Å². The van der Waals surface area contributed by atoms with Gasteiger partial charge in [-0.2, -0.15) is 0 Å². The van der Waals surface area contributed by atoms with Gasteiger partial charge in [-0.25, -0.2) is 9.78 Å². The van der Waals surface area contributed by atoms with Crippen molar-refractivity contribution in [1.82, 2.24) is 4.98 Å². The first-order chi connectivity index (χ1) is 13.9. The number of nitrogens with zero attached hydrogens (tertiary/aromatic N) is 1. The fourth-order valence-electron chi connectivity index (χ4n) is 4.07. The molecule has 0 bridgehead atoms. The summed E-state index contributed by atoms with van der Waals surface area (Å²) in [5, 5.41) is 8.95. The lowest BCUT2D eigenvalue weighted by molar-refractivity contribution is 0.262. The fourth-order valence-corrected chi connectivity index (χ4v) is 5.01. The maximum atomic E-state index is 12.5. The number of carbonyl (C=O) groups is 1. The summed E-state index contributed by atoms with van der Waals surface area (Å²) >= 11 is 1.53. The molecule has 0 radical (unpaired) electrons. The van der Waals surface area contributed by atoms with Gasteiger partial charge in [-0.3, -0.25) is 5.32 Å². The lowest BCUT2D eigenvalue weighted by atomic mass is 9.87. The molecule has 29 heavy (non-hydrogen) atoms. The summed E-state index contributed by atoms with van der Waals surface area (Å²) in [5.74, 6) is 0. The molecular weight excluding hydrogens is 378 g/mol. The highest BCUT2D eigenvalue weighted by Gasteiger charge is 2.19. The number of urea groups is 1. The Hall–Kier alpha value is -2.92. The Bertz CT molecular complexity index is 1250. The molecule has 0 fully saturated rings. The number of nitrogens with one attached hydrogen (secondary N) is 2. The smallest absolute Gasteiger partial charge is 0.308 e. The standard InChI is InChI=1S/C24H23N3OS/c1-24(2,3)16-9-11-17(12-10-16)25-22(28)27-23-26-21-18-6-4-5-14-7-8-15(20(14)18)13-19(21)29-23/h4-6,9-13H,7-8H2,1-3H3,(H2,25,26,27,28). The van der Waals surface area contributed by atoms with Crippen molar-refractivity contribution in [2.24, 2.45) is 0 Å². The van der Waals surface area contributed by atoms with Crippen LogP contribution >= 0.6 is 11.3 Å². The number of hydrogen-bond acceptors (Lipinski definition) is 3. The van der Waals surface area contributed by atoms with E-state index in [0.717, 1.165) is 28.7 Å². The van der Waals surface area contributed by atoms with E-state index in [0.29, 0.717) is 5.13 Å². The Morgan fingerprint density at radius 1 is 1.00 bits per heavy atom. The maximum Gasteiger partial charge on any atom is 0.325 e. The molecule has 1 aromatic heterocycles. The number of hydrogen-bond donors (Lipinski definition) is 2. The molecular formula is C24H23N3OS. The predicted molar refractivity (Wildman–Crippen MR) is 122 cm³/mol. The van der Waals surface area contributed by atoms with Gasteiger partial charge in [-0.15, -0.1) is 0 Å². The summed E-state index contributed by atoms with van der Waals surface area (Å²) < 4.78 is 1.12. The van der Waals surface area contributed by atoms with Crippen LogP contribution in [0.5, 0.6) is 0 Å². The third-order valence-electron chi connectivity index (χ3n) is 5.58. The Morgan fingerprint density at radius 3 is 2.52 bits per heavy atom. The van der Waals surface area contributed by atoms with Crippen LogP contribution in [0.15, 0.2) is 48.5 Å². The fraction of sp³-hybridized carbons (Fsp3) is 0.250. The van der Waals surface area contributed by atoms with Crippen LogP contribution in [-0.4, -0.2) is 11.0 Å². The minimum Gasteiger partial charge on any atom is -0.308 e. The van der Waals surface area contributed by atoms with Gasteiger partial charge in [0.05, 0.1) is 10.2 Å². The highest BCUT2D eigenvalue weighted by atomic mass is 32.1. The number of rotatable bonds is 2. The van der Waals surface area contributed by atoms with Crippen LogP contribution in [0.25, 0.3) is 21.0 Å². The molecule has 2 amide bonds. The minimum absolute atomic E-state index is 0.0891. The molecule has 1 heterocycles. The van der Waals surface area contributed by atoms with Crippen molar-refractivity contribution in [2.45, 2.75) is 39.0 Å². The third kappa shape index (κ3) is 3.25. The molecule has 3 aromatic carbocycles. The summed E-state index contributed by atoms with van der Waals surface area (Å²) in [4.78, 5) is 17.2. The number of amides is 2. The second-order valence-electron chi connectivity index (χ2n) is 8.65. The zero-order chi connectivity index (χ0) is 20.2. The monoisotopic (exact) mass is 401 g/mol. The van der Waals surface area contributed by atoms with E-state index >= 15 is 0 Å². The van der Waals surface area contributed by atoms with Crippen molar-refractivity contribution in [1.29, 1.82) is 0 Å². The van der Waals surface area contributed by atoms with Crippen molar-refractivity contribution in [3.63, 3.8) is 0 Å². The van der Waals surface area contributed by atoms with Crippen molar-refractivity contribution in [3.05, 3.63) is 65.2 Å². The second kappa shape index (κ2) is 6.56. The van der Waals surface area contributed by atoms with E-state index in [2.05, 4.69) is 67.8 Å². The molecule has 0 aliphatic heterocycles. The Labute approximate surface area is 174 Å². The second-order valence-corrected chi connectivity index (χ2v) is 9.68. The van der Waals surface area contributed by atoms with Crippen molar-refractivity contribution < 1.29 is 4.79 Å². The van der Waals surface area contributed by atoms with Gasteiger partial charge < -0.3 is 5.32 Å². The predicted octanol–water partition coefficient (Wildman–Crippen LogP) is 6.49. The van der Waals surface area contributed by atoms with Crippen molar-refractivity contribution >= 4 is 49.2 Å². The topological polar surface area (TPSA) is 54.0 Å². The molecule has 146 valence electrons. The van der Waals surface area contributed by atoms with E-state index in [9.17, 15) is 4.79 Å². The van der Waals surface area contributed by atoms with Crippen LogP contribution in [0.4, 0.5) is 15.6 Å². The number of aryl methyl sites for hydroxylation is 2. The first-order valence-electron chi connectivity index (χ1n) is 9.91. The van der Waals surface area contributed by atoms with Crippen LogP contribution in [0, 0.1) is 0 Å². The molecule has 2 N–H and O–H groups in total. The summed E-state index contributed by atoms with van der Waals surface area (Å²) in [7, 11) is 0. The van der Waals surface area contributed by atoms with E-state index in [1.54, 1.807) is 0 Å². The van der Waals surface area contributed by atoms with Gasteiger partial charge >= 0.3 is 6.03 Å². The number of anilines is 2. The molecule has 5 rings (SSSR count). The van der Waals surface area contributed by atoms with Crippen LogP contribution in [0.1, 0.15) is 37.5 Å². The van der Waals surface area contributed by atoms with Gasteiger partial charge in [0.25, 0.3) is 0 Å². The van der Waals surface area contributed by atoms with Gasteiger partial charge in [0, 0.05) is 11.1 Å². The Balaban J connectivity index is 1.39. The average molecular weight is 402 g/mol. The largest absolute Gasteiger partial charge is 0.325 e. The number of benzene rings is 3. The first kappa shape index (κ1) is 18.1. The summed E-state index contributed by atoms with van der Waals surface area (Å²) in [6.45, 7) is 6.52. The van der Waals surface area contributed by atoms with Gasteiger partial charge in [-0.05, 0) is 58.5 Å². The highest BCUT2D eigenvalue weighted by Crippen LogP contribution is 2.39. The lowest BCUT2D eigenvalue weighted by Gasteiger charge is -2.19. The first-order valence-corrected chi connectivity index (χ1v) is 10.7. The van der Waals surface area contributed by atoms with E-state index < -0.39 is 0 Å². The number of fused-ring (bicyclic) bond motifs is 2. The van der Waals surface area contributed by atoms with Gasteiger partial charge in [0.2, 0.25) is 0 Å². The molecule has 1 aliphatic carbocycles. The molecule has 1 aliphatic rings. The molecule has 4 nitrogen and oxygen atoms in total. The van der Waals surface area contributed by atoms with Crippen LogP contribution in [-0.2, 0) is 18.3 Å².